The summed E-state index contributed by atoms with van der Waals surface area (Å²) < 4.78 is 19.6. The lowest BCUT2D eigenvalue weighted by Crippen LogP contribution is -2.41. The summed E-state index contributed by atoms with van der Waals surface area (Å²) in [5.74, 6) is 0.401. The molecule has 1 aromatic heterocycles. The number of rotatable bonds is 5. The normalized spacial score (nSPS) is 24.5. The van der Waals surface area contributed by atoms with Crippen molar-refractivity contribution in [3.63, 3.8) is 0 Å². The van der Waals surface area contributed by atoms with E-state index in [9.17, 15) is 14.0 Å². The van der Waals surface area contributed by atoms with Crippen molar-refractivity contribution in [2.75, 3.05) is 0 Å². The molecule has 2 aliphatic heterocycles. The monoisotopic (exact) mass is 477 g/mol. The number of carbonyl (C=O) groups excluding carboxylic acids is 2. The van der Waals surface area contributed by atoms with Crippen molar-refractivity contribution in [1.29, 1.82) is 0 Å². The summed E-state index contributed by atoms with van der Waals surface area (Å²) in [5, 5.41) is 0.805. The molecule has 3 aliphatic rings. The van der Waals surface area contributed by atoms with Crippen molar-refractivity contribution in [2.45, 2.75) is 50.8 Å². The van der Waals surface area contributed by atoms with E-state index in [2.05, 4.69) is 4.98 Å². The molecule has 34 heavy (non-hydrogen) atoms. The van der Waals surface area contributed by atoms with Crippen LogP contribution in [0.1, 0.15) is 50.7 Å². The number of fused-ring (bicyclic) bond motifs is 2. The summed E-state index contributed by atoms with van der Waals surface area (Å²) in [6, 6.07) is 11.9. The fraction of sp³-hybridized carbons (Fsp3) is 0.346. The number of primary amides is 1. The highest BCUT2D eigenvalue weighted by molar-refractivity contribution is 7.15. The van der Waals surface area contributed by atoms with Crippen LogP contribution in [0.4, 0.5) is 4.39 Å². The van der Waals surface area contributed by atoms with Crippen LogP contribution in [0.5, 0.6) is 5.75 Å². The first-order valence-corrected chi connectivity index (χ1v) is 12.3. The number of benzene rings is 2. The number of carbonyl (C=O) groups is 2. The number of likely N-dealkylation sites (tertiary alicyclic amines) is 1. The van der Waals surface area contributed by atoms with Crippen LogP contribution >= 0.6 is 11.3 Å². The first kappa shape index (κ1) is 21.3. The molecule has 1 saturated heterocycles. The molecule has 1 aliphatic carbocycles. The zero-order valence-corrected chi connectivity index (χ0v) is 19.5. The number of aryl methyl sites for hydroxylation is 1. The second-order valence-electron chi connectivity index (χ2n) is 9.41. The van der Waals surface area contributed by atoms with Crippen molar-refractivity contribution in [3.05, 3.63) is 70.1 Å². The van der Waals surface area contributed by atoms with Gasteiger partial charge in [0, 0.05) is 36.1 Å². The molecule has 0 radical (unpaired) electrons. The molecule has 3 heterocycles. The first-order valence-electron chi connectivity index (χ1n) is 11.5. The number of thiazole rings is 1. The number of nitrogens with zero attached hydrogens (tertiary/aromatic N) is 2. The first-order chi connectivity index (χ1) is 16.4. The minimum absolute atomic E-state index is 0.0515. The maximum atomic E-state index is 13.8. The summed E-state index contributed by atoms with van der Waals surface area (Å²) in [6.07, 6.45) is 3.17. The number of nitrogens with two attached hydrogens (primary N) is 1. The summed E-state index contributed by atoms with van der Waals surface area (Å²) in [4.78, 5) is 33.0. The number of piperidine rings is 1. The Morgan fingerprint density at radius 3 is 2.76 bits per heavy atom. The number of aromatic nitrogens is 1. The van der Waals surface area contributed by atoms with E-state index in [-0.39, 0.29) is 29.9 Å². The molecule has 0 bridgehead atoms. The number of halogens is 1. The van der Waals surface area contributed by atoms with Gasteiger partial charge in [-0.3, -0.25) is 9.59 Å². The van der Waals surface area contributed by atoms with Gasteiger partial charge in [-0.25, -0.2) is 9.37 Å². The molecule has 6 nitrogen and oxygen atoms in total. The third kappa shape index (κ3) is 3.57. The third-order valence-electron chi connectivity index (χ3n) is 7.15. The second kappa shape index (κ2) is 7.91. The Hall–Kier alpha value is -3.26. The van der Waals surface area contributed by atoms with E-state index in [0.29, 0.717) is 35.8 Å². The van der Waals surface area contributed by atoms with Gasteiger partial charge in [0.1, 0.15) is 23.4 Å². The highest BCUT2D eigenvalue weighted by atomic mass is 32.1. The van der Waals surface area contributed by atoms with E-state index < -0.39 is 5.91 Å². The maximum absolute atomic E-state index is 13.8. The van der Waals surface area contributed by atoms with E-state index in [1.807, 2.05) is 17.9 Å². The lowest BCUT2D eigenvalue weighted by Gasteiger charge is -2.29. The standard InChI is InChI=1S/C26H24FN3O3S/c1-13-29-23(24(34-13)14-5-7-16(27)8-6-14)26(32)30-17(9-15-10-21(15)30)11-18-12-20-19(25(28)31)3-2-4-22(20)33-18/h2-8,15,17-18,21H,9-12H2,1H3,(H2,28,31)/t15-,17+,18?,21+/m1/s1. The van der Waals surface area contributed by atoms with E-state index in [4.69, 9.17) is 10.5 Å². The van der Waals surface area contributed by atoms with Crippen LogP contribution in [0.25, 0.3) is 10.4 Å². The van der Waals surface area contributed by atoms with E-state index >= 15 is 0 Å². The average molecular weight is 478 g/mol. The van der Waals surface area contributed by atoms with Crippen LogP contribution in [0.3, 0.4) is 0 Å². The average Bonchev–Trinajstić information content (AvgIpc) is 3.13. The van der Waals surface area contributed by atoms with Crippen LogP contribution in [0.2, 0.25) is 0 Å². The molecule has 3 aromatic rings. The third-order valence-corrected chi connectivity index (χ3v) is 8.17. The van der Waals surface area contributed by atoms with Gasteiger partial charge in [-0.1, -0.05) is 18.2 Å². The zero-order chi connectivity index (χ0) is 23.6. The topological polar surface area (TPSA) is 85.5 Å². The summed E-state index contributed by atoms with van der Waals surface area (Å²) in [7, 11) is 0. The van der Waals surface area contributed by atoms with E-state index in [0.717, 1.165) is 33.9 Å². The second-order valence-corrected chi connectivity index (χ2v) is 10.6. The zero-order valence-electron chi connectivity index (χ0n) is 18.7. The molecular weight excluding hydrogens is 453 g/mol. The molecule has 2 aromatic carbocycles. The van der Waals surface area contributed by atoms with Crippen molar-refractivity contribution in [3.8, 4) is 16.2 Å². The van der Waals surface area contributed by atoms with Crippen LogP contribution in [-0.4, -0.2) is 39.9 Å². The fourth-order valence-corrected chi connectivity index (χ4v) is 6.49. The largest absolute Gasteiger partial charge is 0.490 e. The number of hydrogen-bond donors (Lipinski definition) is 1. The van der Waals surface area contributed by atoms with Gasteiger partial charge in [0.15, 0.2) is 0 Å². The van der Waals surface area contributed by atoms with Gasteiger partial charge in [-0.05, 0) is 55.5 Å². The van der Waals surface area contributed by atoms with Crippen molar-refractivity contribution < 1.29 is 18.7 Å². The minimum Gasteiger partial charge on any atom is -0.490 e. The number of amides is 2. The van der Waals surface area contributed by atoms with E-state index in [1.54, 1.807) is 24.3 Å². The van der Waals surface area contributed by atoms with Gasteiger partial charge in [-0.2, -0.15) is 0 Å². The Morgan fingerprint density at radius 1 is 1.21 bits per heavy atom. The minimum atomic E-state index is -0.452. The Balaban J connectivity index is 1.25. The summed E-state index contributed by atoms with van der Waals surface area (Å²) in [6.45, 7) is 1.88. The molecular formula is C26H24FN3O3S. The molecule has 0 spiro atoms. The number of hydrogen-bond acceptors (Lipinski definition) is 5. The number of ether oxygens (including phenoxy) is 1. The lowest BCUT2D eigenvalue weighted by molar-refractivity contribution is 0.0647. The molecule has 1 unspecified atom stereocenters. The van der Waals surface area contributed by atoms with Gasteiger partial charge in [-0.15, -0.1) is 11.3 Å². The molecule has 1 saturated carbocycles. The highest BCUT2D eigenvalue weighted by Crippen LogP contribution is 2.50. The molecule has 4 atom stereocenters. The summed E-state index contributed by atoms with van der Waals surface area (Å²) >= 11 is 1.46. The van der Waals surface area contributed by atoms with Crippen molar-refractivity contribution >= 4 is 23.2 Å². The van der Waals surface area contributed by atoms with Gasteiger partial charge in [0.2, 0.25) is 5.91 Å². The predicted molar refractivity (Wildman–Crippen MR) is 126 cm³/mol. The molecule has 8 heteroatoms. The van der Waals surface area contributed by atoms with E-state index in [1.165, 1.54) is 23.5 Å². The summed E-state index contributed by atoms with van der Waals surface area (Å²) in [5.41, 5.74) is 8.15. The molecule has 2 fully saturated rings. The Kier molecular flexibility index (Phi) is 4.95. The van der Waals surface area contributed by atoms with Crippen molar-refractivity contribution in [2.24, 2.45) is 11.7 Å². The fourth-order valence-electron chi connectivity index (χ4n) is 5.58. The van der Waals surface area contributed by atoms with Crippen LogP contribution < -0.4 is 10.5 Å². The Bertz CT molecular complexity index is 1310. The lowest BCUT2D eigenvalue weighted by atomic mass is 9.97. The molecule has 174 valence electrons. The van der Waals surface area contributed by atoms with Gasteiger partial charge in [0.25, 0.3) is 5.91 Å². The van der Waals surface area contributed by atoms with Gasteiger partial charge >= 0.3 is 0 Å². The smallest absolute Gasteiger partial charge is 0.274 e. The van der Waals surface area contributed by atoms with Crippen LogP contribution in [0.15, 0.2) is 42.5 Å². The maximum Gasteiger partial charge on any atom is 0.274 e. The van der Waals surface area contributed by atoms with Crippen molar-refractivity contribution in [1.82, 2.24) is 9.88 Å². The quantitative estimate of drug-likeness (QED) is 0.592. The van der Waals surface area contributed by atoms with Crippen LogP contribution in [0, 0.1) is 18.7 Å². The predicted octanol–water partition coefficient (Wildman–Crippen LogP) is 4.35. The molecule has 6 rings (SSSR count). The van der Waals surface area contributed by atoms with Crippen LogP contribution in [-0.2, 0) is 6.42 Å². The molecule has 2 N–H and O–H groups in total. The highest BCUT2D eigenvalue weighted by Gasteiger charge is 2.55. The Morgan fingerprint density at radius 2 is 2.00 bits per heavy atom. The Labute approximate surface area is 200 Å². The molecule has 2 amide bonds. The SMILES string of the molecule is Cc1nc(C(=O)N2[C@H](CC3Cc4c(cccc4C(N)=O)O3)C[C@@H]3C[C@@H]32)c(-c2ccc(F)cc2)s1. The van der Waals surface area contributed by atoms with Gasteiger partial charge in [0.05, 0.1) is 9.88 Å². The van der Waals surface area contributed by atoms with Gasteiger partial charge < -0.3 is 15.4 Å².